The number of nitrogens with zero attached hydrogens (tertiary/aromatic N) is 3. The Hall–Kier alpha value is -1.65. The van der Waals surface area contributed by atoms with Crippen molar-refractivity contribution in [2.45, 2.75) is 6.42 Å². The van der Waals surface area contributed by atoms with Crippen molar-refractivity contribution in [1.82, 2.24) is 14.5 Å². The molecule has 0 unspecified atom stereocenters. The lowest BCUT2D eigenvalue weighted by atomic mass is 10.3. The average Bonchev–Trinajstić information content (AvgIpc) is 2.80. The van der Waals surface area contributed by atoms with Crippen LogP contribution < -0.4 is 0 Å². The van der Waals surface area contributed by atoms with Crippen molar-refractivity contribution >= 4 is 34.2 Å². The molecule has 0 fully saturated rings. The molecule has 0 saturated heterocycles. The third-order valence-corrected chi connectivity index (χ3v) is 3.50. The summed E-state index contributed by atoms with van der Waals surface area (Å²) in [6.45, 7) is 0. The maximum atomic E-state index is 13.5. The summed E-state index contributed by atoms with van der Waals surface area (Å²) in [6.07, 6.45) is 3.89. The van der Waals surface area contributed by atoms with Crippen LogP contribution in [0, 0.1) is 5.82 Å². The van der Waals surface area contributed by atoms with Crippen LogP contribution in [0.2, 0.25) is 5.02 Å². The first-order valence-electron chi connectivity index (χ1n) is 6.03. The molecule has 0 N–H and O–H groups in total. The highest BCUT2D eigenvalue weighted by atomic mass is 35.5. The van der Waals surface area contributed by atoms with E-state index in [-0.39, 0.29) is 5.82 Å². The molecule has 3 aromatic rings. The Morgan fingerprint density at radius 1 is 1.25 bits per heavy atom. The van der Waals surface area contributed by atoms with Gasteiger partial charge in [0.1, 0.15) is 17.2 Å². The van der Waals surface area contributed by atoms with Crippen LogP contribution in [0.25, 0.3) is 16.7 Å². The lowest BCUT2D eigenvalue weighted by Gasteiger charge is -2.10. The van der Waals surface area contributed by atoms with Gasteiger partial charge >= 0.3 is 0 Å². The maximum Gasteiger partial charge on any atom is 0.125 e. The number of benzene rings is 1. The zero-order valence-corrected chi connectivity index (χ0v) is 11.9. The third kappa shape index (κ3) is 2.25. The van der Waals surface area contributed by atoms with Gasteiger partial charge in [-0.05, 0) is 24.3 Å². The van der Waals surface area contributed by atoms with Crippen LogP contribution in [0.15, 0.2) is 36.7 Å². The lowest BCUT2D eigenvalue weighted by Crippen LogP contribution is -2.03. The first kappa shape index (κ1) is 13.3. The molecule has 0 atom stereocenters. The van der Waals surface area contributed by atoms with E-state index in [1.165, 1.54) is 18.2 Å². The molecule has 0 saturated carbocycles. The zero-order chi connectivity index (χ0) is 14.1. The van der Waals surface area contributed by atoms with Crippen molar-refractivity contribution in [3.05, 3.63) is 53.3 Å². The molecule has 2 heterocycles. The Balaban J connectivity index is 2.33. The molecule has 0 radical (unpaired) electrons. The predicted octanol–water partition coefficient (Wildman–Crippen LogP) is 3.99. The number of aromatic nitrogens is 3. The molecule has 3 rings (SSSR count). The molecule has 0 amide bonds. The van der Waals surface area contributed by atoms with E-state index in [0.717, 1.165) is 16.9 Å². The summed E-state index contributed by atoms with van der Waals surface area (Å²) < 4.78 is 15.4. The molecule has 1 aromatic carbocycles. The fourth-order valence-corrected chi connectivity index (χ4v) is 2.53. The Morgan fingerprint density at radius 3 is 2.90 bits per heavy atom. The van der Waals surface area contributed by atoms with Crippen molar-refractivity contribution < 1.29 is 4.39 Å². The standard InChI is InChI=1S/C14H10Cl2FN3/c15-5-3-14-19-11-8-18-6-4-12(11)20(14)13-7-9(17)1-2-10(13)16/h1-2,4,6-8H,3,5H2. The molecule has 0 spiro atoms. The van der Waals surface area contributed by atoms with Crippen molar-refractivity contribution in [1.29, 1.82) is 0 Å². The van der Waals surface area contributed by atoms with Gasteiger partial charge in [0.15, 0.2) is 0 Å². The van der Waals surface area contributed by atoms with E-state index in [2.05, 4.69) is 9.97 Å². The molecule has 0 bridgehead atoms. The highest BCUT2D eigenvalue weighted by Gasteiger charge is 2.15. The summed E-state index contributed by atoms with van der Waals surface area (Å²) in [5.74, 6) is 0.802. The maximum absolute atomic E-state index is 13.5. The van der Waals surface area contributed by atoms with Gasteiger partial charge in [-0.3, -0.25) is 9.55 Å². The van der Waals surface area contributed by atoms with Gasteiger partial charge in [0, 0.05) is 18.5 Å². The average molecular weight is 310 g/mol. The van der Waals surface area contributed by atoms with Crippen LogP contribution in [-0.4, -0.2) is 20.4 Å². The first-order chi connectivity index (χ1) is 9.70. The van der Waals surface area contributed by atoms with E-state index in [4.69, 9.17) is 23.2 Å². The first-order valence-corrected chi connectivity index (χ1v) is 6.94. The number of halogens is 3. The minimum Gasteiger partial charge on any atom is -0.295 e. The van der Waals surface area contributed by atoms with Crippen LogP contribution in [0.4, 0.5) is 4.39 Å². The second-order valence-electron chi connectivity index (χ2n) is 4.26. The van der Waals surface area contributed by atoms with Gasteiger partial charge in [-0.2, -0.15) is 0 Å². The lowest BCUT2D eigenvalue weighted by molar-refractivity contribution is 0.626. The second-order valence-corrected chi connectivity index (χ2v) is 5.05. The molecular weight excluding hydrogens is 300 g/mol. The molecule has 6 heteroatoms. The number of hydrogen-bond donors (Lipinski definition) is 0. The number of alkyl halides is 1. The smallest absolute Gasteiger partial charge is 0.125 e. The number of imidazole rings is 1. The van der Waals surface area contributed by atoms with Crippen molar-refractivity contribution in [2.24, 2.45) is 0 Å². The molecule has 0 aliphatic rings. The van der Waals surface area contributed by atoms with Gasteiger partial charge in [-0.15, -0.1) is 11.6 Å². The van der Waals surface area contributed by atoms with E-state index in [1.54, 1.807) is 12.4 Å². The molecule has 0 aliphatic carbocycles. The fourth-order valence-electron chi connectivity index (χ4n) is 2.16. The number of pyridine rings is 1. The minimum atomic E-state index is -0.350. The van der Waals surface area contributed by atoms with Crippen molar-refractivity contribution in [3.8, 4) is 5.69 Å². The number of hydrogen-bond acceptors (Lipinski definition) is 2. The van der Waals surface area contributed by atoms with E-state index in [0.29, 0.717) is 23.0 Å². The number of fused-ring (bicyclic) bond motifs is 1. The second kappa shape index (κ2) is 5.38. The zero-order valence-electron chi connectivity index (χ0n) is 10.4. The van der Waals surface area contributed by atoms with E-state index >= 15 is 0 Å². The topological polar surface area (TPSA) is 30.7 Å². The minimum absolute atomic E-state index is 0.350. The van der Waals surface area contributed by atoms with Crippen LogP contribution in [-0.2, 0) is 6.42 Å². The van der Waals surface area contributed by atoms with E-state index < -0.39 is 0 Å². The molecular formula is C14H10Cl2FN3. The summed E-state index contributed by atoms with van der Waals surface area (Å²) in [6, 6.07) is 6.07. The predicted molar refractivity (Wildman–Crippen MR) is 78.3 cm³/mol. The molecule has 2 aromatic heterocycles. The van der Waals surface area contributed by atoms with Gasteiger partial charge in [0.25, 0.3) is 0 Å². The van der Waals surface area contributed by atoms with Gasteiger partial charge in [0.2, 0.25) is 0 Å². The molecule has 3 nitrogen and oxygen atoms in total. The number of aryl methyl sites for hydroxylation is 1. The third-order valence-electron chi connectivity index (χ3n) is 2.99. The van der Waals surface area contributed by atoms with E-state index in [9.17, 15) is 4.39 Å². The quantitative estimate of drug-likeness (QED) is 0.685. The van der Waals surface area contributed by atoms with Gasteiger partial charge in [-0.1, -0.05) is 11.6 Å². The fraction of sp³-hybridized carbons (Fsp3) is 0.143. The molecule has 0 aliphatic heterocycles. The Bertz CT molecular complexity index is 770. The summed E-state index contributed by atoms with van der Waals surface area (Å²) in [7, 11) is 0. The van der Waals surface area contributed by atoms with E-state index in [1.807, 2.05) is 10.6 Å². The largest absolute Gasteiger partial charge is 0.295 e. The SMILES string of the molecule is Fc1ccc(Cl)c(-n2c(CCCl)nc3cnccc32)c1. The number of rotatable bonds is 3. The molecule has 20 heavy (non-hydrogen) atoms. The van der Waals surface area contributed by atoms with Gasteiger partial charge in [0.05, 0.1) is 22.4 Å². The van der Waals surface area contributed by atoms with Crippen LogP contribution in [0.1, 0.15) is 5.82 Å². The summed E-state index contributed by atoms with van der Waals surface area (Å²) in [4.78, 5) is 8.53. The van der Waals surface area contributed by atoms with Gasteiger partial charge < -0.3 is 0 Å². The highest BCUT2D eigenvalue weighted by Crippen LogP contribution is 2.27. The Labute approximate surface area is 125 Å². The Morgan fingerprint density at radius 2 is 2.10 bits per heavy atom. The highest BCUT2D eigenvalue weighted by molar-refractivity contribution is 6.32. The normalized spacial score (nSPS) is 11.2. The summed E-state index contributed by atoms with van der Waals surface area (Å²) >= 11 is 12.0. The van der Waals surface area contributed by atoms with Crippen molar-refractivity contribution in [3.63, 3.8) is 0 Å². The van der Waals surface area contributed by atoms with Crippen LogP contribution in [0.3, 0.4) is 0 Å². The molecule has 102 valence electrons. The van der Waals surface area contributed by atoms with Gasteiger partial charge in [-0.25, -0.2) is 9.37 Å². The Kier molecular flexibility index (Phi) is 3.59. The van der Waals surface area contributed by atoms with Crippen LogP contribution in [0.5, 0.6) is 0 Å². The monoisotopic (exact) mass is 309 g/mol. The van der Waals surface area contributed by atoms with Crippen molar-refractivity contribution in [2.75, 3.05) is 5.88 Å². The summed E-state index contributed by atoms with van der Waals surface area (Å²) in [5, 5.41) is 0.457. The van der Waals surface area contributed by atoms with Crippen LogP contribution >= 0.6 is 23.2 Å². The summed E-state index contributed by atoms with van der Waals surface area (Å²) in [5.41, 5.74) is 2.11.